The second kappa shape index (κ2) is 15.0. The molecule has 0 aromatic carbocycles. The fraction of sp³-hybridized carbons (Fsp3) is 0.821. The third-order valence-corrected chi connectivity index (χ3v) is 8.39. The van der Waals surface area contributed by atoms with E-state index >= 15 is 0 Å². The van der Waals surface area contributed by atoms with Gasteiger partial charge in [0.15, 0.2) is 0 Å². The first-order valence-electron chi connectivity index (χ1n) is 14.5. The lowest BCUT2D eigenvalue weighted by Gasteiger charge is -2.33. The summed E-state index contributed by atoms with van der Waals surface area (Å²) >= 11 is 0. The van der Waals surface area contributed by atoms with Gasteiger partial charge in [-0.15, -0.1) is 12.4 Å². The fourth-order valence-corrected chi connectivity index (χ4v) is 6.05. The molecular formula is C28H48ClN5O2. The highest BCUT2D eigenvalue weighted by atomic mass is 35.5. The molecule has 0 unspecified atom stereocenters. The number of halogens is 1. The highest BCUT2D eigenvalue weighted by Crippen LogP contribution is 2.33. The molecule has 2 fully saturated rings. The monoisotopic (exact) mass is 521 g/mol. The van der Waals surface area contributed by atoms with Crippen LogP contribution in [0.25, 0.3) is 0 Å². The Morgan fingerprint density at radius 3 is 2.42 bits per heavy atom. The van der Waals surface area contributed by atoms with Crippen LogP contribution in [0.5, 0.6) is 6.01 Å². The van der Waals surface area contributed by atoms with E-state index in [-0.39, 0.29) is 18.3 Å². The first kappa shape index (κ1) is 29.0. The number of carbonyl (C=O) groups is 1. The van der Waals surface area contributed by atoms with Gasteiger partial charge < -0.3 is 15.4 Å². The molecule has 2 N–H and O–H groups in total. The minimum absolute atomic E-state index is 0. The molecule has 2 aliphatic heterocycles. The SMILES string of the molecule is CCCCOc1nc(N)c2c(n1)N(CCCCCC1CCN(CCC3CCCCC3)CC1)C(=O)C2.Cl. The van der Waals surface area contributed by atoms with Crippen molar-refractivity contribution < 1.29 is 9.53 Å². The number of likely N-dealkylation sites (tertiary alicyclic amines) is 1. The van der Waals surface area contributed by atoms with E-state index in [0.717, 1.165) is 43.1 Å². The van der Waals surface area contributed by atoms with E-state index in [1.165, 1.54) is 83.8 Å². The van der Waals surface area contributed by atoms with Crippen LogP contribution >= 0.6 is 12.4 Å². The molecule has 1 amide bonds. The van der Waals surface area contributed by atoms with Gasteiger partial charge in [0.25, 0.3) is 0 Å². The average Bonchev–Trinajstić information content (AvgIpc) is 3.20. The van der Waals surface area contributed by atoms with E-state index in [1.807, 2.05) is 0 Å². The Kier molecular flexibility index (Phi) is 12.0. The van der Waals surface area contributed by atoms with Crippen molar-refractivity contribution in [2.75, 3.05) is 43.4 Å². The standard InChI is InChI=1S/C28H47N5O2.ClH/c1-2-3-20-35-28-30-26(29)24-21-25(34)33(27(24)31-28)16-9-5-8-12-23-14-18-32(19-15-23)17-13-22-10-6-4-7-11-22;/h22-23H,2-21H2,1H3,(H2,29,30,31);1H. The minimum atomic E-state index is 0. The molecule has 0 radical (unpaired) electrons. The molecule has 204 valence electrons. The van der Waals surface area contributed by atoms with Crippen LogP contribution in [0.2, 0.25) is 0 Å². The van der Waals surface area contributed by atoms with Gasteiger partial charge in [0.05, 0.1) is 13.0 Å². The molecule has 1 aromatic rings. The quantitative estimate of drug-likeness (QED) is 0.330. The molecule has 3 heterocycles. The van der Waals surface area contributed by atoms with Crippen molar-refractivity contribution >= 4 is 29.9 Å². The Bertz CT molecular complexity index is 809. The van der Waals surface area contributed by atoms with Crippen molar-refractivity contribution in [3.8, 4) is 6.01 Å². The second-order valence-corrected chi connectivity index (χ2v) is 11.0. The van der Waals surface area contributed by atoms with Crippen molar-refractivity contribution in [2.45, 2.75) is 103 Å². The van der Waals surface area contributed by atoms with Gasteiger partial charge in [0.2, 0.25) is 5.91 Å². The van der Waals surface area contributed by atoms with Crippen LogP contribution in [-0.2, 0) is 11.2 Å². The van der Waals surface area contributed by atoms with Crippen LogP contribution in [0, 0.1) is 11.8 Å². The van der Waals surface area contributed by atoms with Gasteiger partial charge in [-0.3, -0.25) is 9.69 Å². The number of aromatic nitrogens is 2. The minimum Gasteiger partial charge on any atom is -0.463 e. The summed E-state index contributed by atoms with van der Waals surface area (Å²) in [5, 5.41) is 0. The second-order valence-electron chi connectivity index (χ2n) is 11.0. The maximum absolute atomic E-state index is 12.6. The van der Waals surface area contributed by atoms with Crippen LogP contribution in [0.4, 0.5) is 11.6 Å². The molecule has 0 spiro atoms. The summed E-state index contributed by atoms with van der Waals surface area (Å²) in [4.78, 5) is 25.9. The number of unbranched alkanes of at least 4 members (excludes halogenated alkanes) is 3. The third-order valence-electron chi connectivity index (χ3n) is 8.39. The van der Waals surface area contributed by atoms with E-state index in [0.29, 0.717) is 37.2 Å². The molecule has 1 saturated heterocycles. The van der Waals surface area contributed by atoms with Gasteiger partial charge >= 0.3 is 6.01 Å². The van der Waals surface area contributed by atoms with Crippen molar-refractivity contribution in [1.82, 2.24) is 14.9 Å². The van der Waals surface area contributed by atoms with Crippen molar-refractivity contribution in [3.63, 3.8) is 0 Å². The van der Waals surface area contributed by atoms with Gasteiger partial charge in [-0.1, -0.05) is 64.7 Å². The van der Waals surface area contributed by atoms with Gasteiger partial charge in [0, 0.05) is 12.1 Å². The lowest BCUT2D eigenvalue weighted by atomic mass is 9.86. The number of nitrogen functional groups attached to an aromatic ring is 1. The van der Waals surface area contributed by atoms with Gasteiger partial charge in [-0.25, -0.2) is 0 Å². The van der Waals surface area contributed by atoms with Gasteiger partial charge in [0.1, 0.15) is 11.6 Å². The predicted molar refractivity (Wildman–Crippen MR) is 149 cm³/mol. The molecule has 4 rings (SSSR count). The van der Waals surface area contributed by atoms with E-state index in [2.05, 4.69) is 21.8 Å². The normalized spacial score (nSPS) is 19.4. The summed E-state index contributed by atoms with van der Waals surface area (Å²) in [5.74, 6) is 2.99. The molecule has 0 bridgehead atoms. The Hall–Kier alpha value is -1.60. The van der Waals surface area contributed by atoms with Gasteiger partial charge in [-0.2, -0.15) is 9.97 Å². The molecule has 1 aromatic heterocycles. The summed E-state index contributed by atoms with van der Waals surface area (Å²) in [5.41, 5.74) is 6.87. The maximum Gasteiger partial charge on any atom is 0.320 e. The Labute approximate surface area is 224 Å². The van der Waals surface area contributed by atoms with Gasteiger partial charge in [-0.05, 0) is 63.6 Å². The zero-order chi connectivity index (χ0) is 24.5. The summed E-state index contributed by atoms with van der Waals surface area (Å²) in [6.45, 7) is 7.30. The lowest BCUT2D eigenvalue weighted by Crippen LogP contribution is -2.35. The van der Waals surface area contributed by atoms with Crippen molar-refractivity contribution in [1.29, 1.82) is 0 Å². The maximum atomic E-state index is 12.6. The smallest absolute Gasteiger partial charge is 0.320 e. The fourth-order valence-electron chi connectivity index (χ4n) is 6.05. The van der Waals surface area contributed by atoms with Crippen LogP contribution in [-0.4, -0.2) is 53.6 Å². The first-order valence-corrected chi connectivity index (χ1v) is 14.5. The number of nitrogens with zero attached hydrogens (tertiary/aromatic N) is 4. The summed E-state index contributed by atoms with van der Waals surface area (Å²) in [6.07, 6.45) is 18.5. The Morgan fingerprint density at radius 2 is 1.67 bits per heavy atom. The number of carbonyl (C=O) groups excluding carboxylic acids is 1. The summed E-state index contributed by atoms with van der Waals surface area (Å²) in [6, 6.07) is 0.291. The van der Waals surface area contributed by atoms with Crippen LogP contribution in [0.1, 0.15) is 102 Å². The Morgan fingerprint density at radius 1 is 0.917 bits per heavy atom. The van der Waals surface area contributed by atoms with Crippen LogP contribution < -0.4 is 15.4 Å². The molecule has 1 saturated carbocycles. The highest BCUT2D eigenvalue weighted by Gasteiger charge is 2.32. The Balaban J connectivity index is 0.00000361. The number of amides is 1. The molecule has 1 aliphatic carbocycles. The molecule has 3 aliphatic rings. The third kappa shape index (κ3) is 8.20. The number of hydrogen-bond acceptors (Lipinski definition) is 6. The summed E-state index contributed by atoms with van der Waals surface area (Å²) in [7, 11) is 0. The molecule has 7 nitrogen and oxygen atoms in total. The zero-order valence-corrected chi connectivity index (χ0v) is 23.2. The first-order chi connectivity index (χ1) is 17.1. The summed E-state index contributed by atoms with van der Waals surface area (Å²) < 4.78 is 5.66. The average molecular weight is 522 g/mol. The van der Waals surface area contributed by atoms with E-state index in [4.69, 9.17) is 10.5 Å². The highest BCUT2D eigenvalue weighted by molar-refractivity contribution is 6.01. The zero-order valence-electron chi connectivity index (χ0n) is 22.4. The van der Waals surface area contributed by atoms with E-state index in [1.54, 1.807) is 4.90 Å². The molecule has 8 heteroatoms. The topological polar surface area (TPSA) is 84.6 Å². The van der Waals surface area contributed by atoms with Crippen LogP contribution in [0.15, 0.2) is 0 Å². The van der Waals surface area contributed by atoms with E-state index in [9.17, 15) is 4.79 Å². The van der Waals surface area contributed by atoms with Crippen LogP contribution in [0.3, 0.4) is 0 Å². The number of piperidine rings is 1. The number of anilines is 2. The molecule has 36 heavy (non-hydrogen) atoms. The number of hydrogen-bond donors (Lipinski definition) is 1. The molecular weight excluding hydrogens is 474 g/mol. The van der Waals surface area contributed by atoms with E-state index < -0.39 is 0 Å². The largest absolute Gasteiger partial charge is 0.463 e. The number of nitrogens with two attached hydrogens (primary N) is 1. The number of fused-ring (bicyclic) bond motifs is 1. The number of ether oxygens (including phenoxy) is 1. The van der Waals surface area contributed by atoms with Crippen molar-refractivity contribution in [2.24, 2.45) is 11.8 Å². The lowest BCUT2D eigenvalue weighted by molar-refractivity contribution is -0.117. The molecule has 0 atom stereocenters. The van der Waals surface area contributed by atoms with Crippen molar-refractivity contribution in [3.05, 3.63) is 5.56 Å². The number of rotatable bonds is 13. The predicted octanol–water partition coefficient (Wildman–Crippen LogP) is 5.79.